The molecule has 0 bridgehead atoms. The Kier molecular flexibility index (Phi) is 7.82. The van der Waals surface area contributed by atoms with E-state index in [1.807, 2.05) is 6.33 Å². The van der Waals surface area contributed by atoms with Gasteiger partial charge in [0.25, 0.3) is 0 Å². The fourth-order valence-corrected chi connectivity index (χ4v) is 7.78. The molecule has 1 aliphatic heterocycles. The molecule has 40 heavy (non-hydrogen) atoms. The summed E-state index contributed by atoms with van der Waals surface area (Å²) in [5, 5.41) is 7.19. The number of nitrogens with zero attached hydrogens (tertiary/aromatic N) is 5. The van der Waals surface area contributed by atoms with Gasteiger partial charge in [-0.25, -0.2) is 13.4 Å². The topological polar surface area (TPSA) is 140 Å². The summed E-state index contributed by atoms with van der Waals surface area (Å²) >= 11 is 0. The number of methoxy groups -OCH3 is 1. The van der Waals surface area contributed by atoms with Crippen molar-refractivity contribution in [3.8, 4) is 5.75 Å². The van der Waals surface area contributed by atoms with Gasteiger partial charge < -0.3 is 25.7 Å². The monoisotopic (exact) mass is 568 g/mol. The Morgan fingerprint density at radius 3 is 2.25 bits per heavy atom. The molecule has 0 atom stereocenters. The lowest BCUT2D eigenvalue weighted by atomic mass is 9.92. The van der Waals surface area contributed by atoms with Crippen LogP contribution in [0.25, 0.3) is 11.2 Å². The van der Waals surface area contributed by atoms with E-state index in [9.17, 15) is 8.42 Å². The van der Waals surface area contributed by atoms with Gasteiger partial charge in [0.05, 0.1) is 18.3 Å². The zero-order valence-corrected chi connectivity index (χ0v) is 23.9. The number of imidazole rings is 1. The fraction of sp³-hybridized carbons (Fsp3) is 0.607. The number of fused-ring (bicyclic) bond motifs is 1. The van der Waals surface area contributed by atoms with Crippen molar-refractivity contribution in [2.24, 2.45) is 5.73 Å². The maximum absolute atomic E-state index is 13.2. The molecule has 3 aliphatic rings. The smallest absolute Gasteiger partial charge is 0.243 e. The van der Waals surface area contributed by atoms with Gasteiger partial charge in [-0.3, -0.25) is 0 Å². The number of aromatic nitrogens is 4. The second kappa shape index (κ2) is 11.5. The minimum atomic E-state index is -3.56. The van der Waals surface area contributed by atoms with Crippen molar-refractivity contribution >= 4 is 33.0 Å². The molecular formula is C28H40N8O3S. The number of benzene rings is 1. The number of rotatable bonds is 8. The molecule has 6 rings (SSSR count). The summed E-state index contributed by atoms with van der Waals surface area (Å²) in [5.74, 6) is 1.97. The molecule has 0 radical (unpaired) electrons. The number of hydrogen-bond acceptors (Lipinski definition) is 9. The lowest BCUT2D eigenvalue weighted by molar-refractivity contribution is 0.329. The van der Waals surface area contributed by atoms with Gasteiger partial charge in [0.1, 0.15) is 5.75 Å². The fourth-order valence-electron chi connectivity index (χ4n) is 6.31. The van der Waals surface area contributed by atoms with E-state index < -0.39 is 10.0 Å². The highest BCUT2D eigenvalue weighted by Gasteiger charge is 2.31. The average Bonchev–Trinajstić information content (AvgIpc) is 3.65. The van der Waals surface area contributed by atoms with Gasteiger partial charge in [-0.15, -0.1) is 0 Å². The maximum Gasteiger partial charge on any atom is 0.243 e. The van der Waals surface area contributed by atoms with Gasteiger partial charge in [-0.05, 0) is 75.6 Å². The summed E-state index contributed by atoms with van der Waals surface area (Å²) < 4.78 is 35.4. The van der Waals surface area contributed by atoms with E-state index in [0.29, 0.717) is 55.5 Å². The highest BCUT2D eigenvalue weighted by Crippen LogP contribution is 2.34. The third-order valence-electron chi connectivity index (χ3n) is 8.74. The van der Waals surface area contributed by atoms with Crippen LogP contribution in [0, 0.1) is 0 Å². The molecule has 3 heterocycles. The summed E-state index contributed by atoms with van der Waals surface area (Å²) in [6, 6.07) is 7.65. The quantitative estimate of drug-likeness (QED) is 0.369. The highest BCUT2D eigenvalue weighted by molar-refractivity contribution is 7.89. The SMILES string of the molecule is COc1ccc(S(=O)(=O)N2CCC(Nc3nc(NC4CCC(N)CC4)nc4c3ncn4C3CCCC3)CC2)cc1. The van der Waals surface area contributed by atoms with Crippen LogP contribution in [0.15, 0.2) is 35.5 Å². The van der Waals surface area contributed by atoms with E-state index in [-0.39, 0.29) is 17.0 Å². The van der Waals surface area contributed by atoms with Crippen molar-refractivity contribution in [2.45, 2.75) is 93.3 Å². The molecule has 1 aromatic carbocycles. The van der Waals surface area contributed by atoms with Crippen LogP contribution < -0.4 is 21.1 Å². The van der Waals surface area contributed by atoms with E-state index in [1.165, 1.54) is 12.8 Å². The zero-order valence-electron chi connectivity index (χ0n) is 23.1. The summed E-state index contributed by atoms with van der Waals surface area (Å²) in [6.07, 6.45) is 12.0. The Labute approximate surface area is 236 Å². The van der Waals surface area contributed by atoms with Gasteiger partial charge in [-0.2, -0.15) is 14.3 Å². The molecule has 11 nitrogen and oxygen atoms in total. The first-order valence-electron chi connectivity index (χ1n) is 14.6. The van der Waals surface area contributed by atoms with E-state index in [2.05, 4.69) is 15.2 Å². The zero-order chi connectivity index (χ0) is 27.7. The molecule has 3 aromatic rings. The molecular weight excluding hydrogens is 528 g/mol. The normalized spacial score (nSPS) is 23.4. The van der Waals surface area contributed by atoms with Crippen LogP contribution in [-0.4, -0.2) is 70.6 Å². The van der Waals surface area contributed by atoms with Crippen LogP contribution in [0.5, 0.6) is 5.75 Å². The Morgan fingerprint density at radius 2 is 1.57 bits per heavy atom. The van der Waals surface area contributed by atoms with E-state index in [0.717, 1.165) is 49.7 Å². The minimum absolute atomic E-state index is 0.0811. The third-order valence-corrected chi connectivity index (χ3v) is 10.6. The van der Waals surface area contributed by atoms with Crippen molar-refractivity contribution < 1.29 is 13.2 Å². The molecule has 0 amide bonds. The molecule has 2 saturated carbocycles. The first-order chi connectivity index (χ1) is 19.4. The van der Waals surface area contributed by atoms with Crippen LogP contribution in [0.4, 0.5) is 11.8 Å². The molecule has 12 heteroatoms. The Balaban J connectivity index is 1.19. The number of anilines is 2. The lowest BCUT2D eigenvalue weighted by Crippen LogP contribution is -2.42. The Hall–Kier alpha value is -2.96. The number of nitrogens with two attached hydrogens (primary N) is 1. The third kappa shape index (κ3) is 5.61. The van der Waals surface area contributed by atoms with Gasteiger partial charge in [0, 0.05) is 37.3 Å². The van der Waals surface area contributed by atoms with Crippen LogP contribution in [0.3, 0.4) is 0 Å². The number of sulfonamides is 1. The molecule has 2 aliphatic carbocycles. The first kappa shape index (κ1) is 27.2. The van der Waals surface area contributed by atoms with Gasteiger partial charge >= 0.3 is 0 Å². The second-order valence-electron chi connectivity index (χ2n) is 11.4. The largest absolute Gasteiger partial charge is 0.497 e. The van der Waals surface area contributed by atoms with Crippen LogP contribution in [0.1, 0.15) is 70.3 Å². The van der Waals surface area contributed by atoms with Gasteiger partial charge in [-0.1, -0.05) is 12.8 Å². The van der Waals surface area contributed by atoms with Crippen LogP contribution in [-0.2, 0) is 10.0 Å². The number of ether oxygens (including phenoxy) is 1. The average molecular weight is 569 g/mol. The van der Waals surface area contributed by atoms with Crippen LogP contribution >= 0.6 is 0 Å². The molecule has 0 unspecified atom stereocenters. The van der Waals surface area contributed by atoms with Crippen LogP contribution in [0.2, 0.25) is 0 Å². The van der Waals surface area contributed by atoms with Gasteiger partial charge in [0.15, 0.2) is 17.0 Å². The van der Waals surface area contributed by atoms with E-state index >= 15 is 0 Å². The predicted molar refractivity (Wildman–Crippen MR) is 155 cm³/mol. The van der Waals surface area contributed by atoms with Crippen molar-refractivity contribution in [1.82, 2.24) is 23.8 Å². The molecule has 4 N–H and O–H groups in total. The summed E-state index contributed by atoms with van der Waals surface area (Å²) in [6.45, 7) is 0.869. The first-order valence-corrected chi connectivity index (χ1v) is 16.0. The highest BCUT2D eigenvalue weighted by atomic mass is 32.2. The van der Waals surface area contributed by atoms with Crippen molar-refractivity contribution in [3.05, 3.63) is 30.6 Å². The predicted octanol–water partition coefficient (Wildman–Crippen LogP) is 3.90. The molecule has 0 spiro atoms. The standard InChI is InChI=1S/C28H40N8O3S/c1-39-23-10-12-24(13-11-23)40(37,38)35-16-14-21(15-17-35)31-26-25-27(36(18-30-25)22-4-2-3-5-22)34-28(33-26)32-20-8-6-19(29)7-9-20/h10-13,18-22H,2-9,14-17,29H2,1H3,(H2,31,32,33,34). The second-order valence-corrected chi connectivity index (χ2v) is 13.4. The molecule has 216 valence electrons. The van der Waals surface area contributed by atoms with Crippen molar-refractivity contribution in [1.29, 1.82) is 0 Å². The summed E-state index contributed by atoms with van der Waals surface area (Å²) in [5.41, 5.74) is 7.76. The Morgan fingerprint density at radius 1 is 0.900 bits per heavy atom. The minimum Gasteiger partial charge on any atom is -0.497 e. The van der Waals surface area contributed by atoms with E-state index in [1.54, 1.807) is 35.7 Å². The van der Waals surface area contributed by atoms with E-state index in [4.69, 9.17) is 25.4 Å². The number of hydrogen-bond donors (Lipinski definition) is 3. The summed E-state index contributed by atoms with van der Waals surface area (Å²) in [7, 11) is -2.00. The number of piperidine rings is 1. The van der Waals surface area contributed by atoms with Crippen molar-refractivity contribution in [2.75, 3.05) is 30.8 Å². The Bertz CT molecular complexity index is 1410. The summed E-state index contributed by atoms with van der Waals surface area (Å²) in [4.78, 5) is 14.9. The molecule has 3 fully saturated rings. The van der Waals surface area contributed by atoms with Gasteiger partial charge in [0.2, 0.25) is 16.0 Å². The maximum atomic E-state index is 13.2. The lowest BCUT2D eigenvalue weighted by Gasteiger charge is -2.32. The molecule has 1 saturated heterocycles. The molecule has 2 aromatic heterocycles. The number of nitrogens with one attached hydrogen (secondary N) is 2. The van der Waals surface area contributed by atoms with Crippen molar-refractivity contribution in [3.63, 3.8) is 0 Å².